The lowest BCUT2D eigenvalue weighted by Crippen LogP contribution is -2.26. The van der Waals surface area contributed by atoms with Crippen LogP contribution in [-0.2, 0) is 14.8 Å². The zero-order valence-electron chi connectivity index (χ0n) is 12.3. The van der Waals surface area contributed by atoms with E-state index < -0.39 is 10.0 Å². The third-order valence-corrected chi connectivity index (χ3v) is 4.60. The normalized spacial score (nSPS) is 13.3. The summed E-state index contributed by atoms with van der Waals surface area (Å²) in [5, 5.41) is 3.17. The van der Waals surface area contributed by atoms with Gasteiger partial charge in [0.05, 0.1) is 4.90 Å². The van der Waals surface area contributed by atoms with Gasteiger partial charge in [0, 0.05) is 26.3 Å². The number of sulfonamides is 1. The average Bonchev–Trinajstić information content (AvgIpc) is 2.45. The van der Waals surface area contributed by atoms with Crippen molar-refractivity contribution in [2.45, 2.75) is 30.7 Å². The number of methoxy groups -OCH3 is 1. The van der Waals surface area contributed by atoms with Gasteiger partial charge in [0.1, 0.15) is 0 Å². The fraction of sp³-hybridized carbons (Fsp3) is 0.571. The predicted molar refractivity (Wildman–Crippen MR) is 80.2 cm³/mol. The van der Waals surface area contributed by atoms with E-state index in [-0.39, 0.29) is 6.04 Å². The summed E-state index contributed by atoms with van der Waals surface area (Å²) >= 11 is 0. The van der Waals surface area contributed by atoms with Crippen LogP contribution in [0.2, 0.25) is 0 Å². The molecule has 5 nitrogen and oxygen atoms in total. The van der Waals surface area contributed by atoms with E-state index in [1.807, 2.05) is 13.1 Å². The summed E-state index contributed by atoms with van der Waals surface area (Å²) in [6.07, 6.45) is 1.56. The Balaban J connectivity index is 2.82. The SMILES string of the molecule is CCC(NC)c1cccc(S(=O)(=O)NCCCOC)c1. The zero-order chi connectivity index (χ0) is 15.0. The molecule has 0 bridgehead atoms. The summed E-state index contributed by atoms with van der Waals surface area (Å²) in [6.45, 7) is 2.98. The maximum absolute atomic E-state index is 12.2. The molecule has 1 atom stereocenters. The molecule has 0 fully saturated rings. The first-order valence-electron chi connectivity index (χ1n) is 6.81. The van der Waals surface area contributed by atoms with Crippen LogP contribution >= 0.6 is 0 Å². The molecule has 114 valence electrons. The Bertz CT molecular complexity index is 499. The van der Waals surface area contributed by atoms with Gasteiger partial charge in [-0.25, -0.2) is 13.1 Å². The van der Waals surface area contributed by atoms with Crippen molar-refractivity contribution in [3.63, 3.8) is 0 Å². The van der Waals surface area contributed by atoms with Crippen LogP contribution < -0.4 is 10.0 Å². The third kappa shape index (κ3) is 4.86. The molecule has 1 aromatic carbocycles. The van der Waals surface area contributed by atoms with Crippen LogP contribution in [0.5, 0.6) is 0 Å². The molecule has 0 amide bonds. The fourth-order valence-electron chi connectivity index (χ4n) is 2.01. The largest absolute Gasteiger partial charge is 0.385 e. The molecule has 2 N–H and O–H groups in total. The topological polar surface area (TPSA) is 67.4 Å². The molecular weight excluding hydrogens is 276 g/mol. The van der Waals surface area contributed by atoms with Gasteiger partial charge >= 0.3 is 0 Å². The van der Waals surface area contributed by atoms with Crippen LogP contribution in [0.4, 0.5) is 0 Å². The Morgan fingerprint density at radius 1 is 1.35 bits per heavy atom. The van der Waals surface area contributed by atoms with Gasteiger partial charge in [0.25, 0.3) is 0 Å². The van der Waals surface area contributed by atoms with Crippen LogP contribution in [0.1, 0.15) is 31.4 Å². The highest BCUT2D eigenvalue weighted by molar-refractivity contribution is 7.89. The second-order valence-corrected chi connectivity index (χ2v) is 6.33. The molecule has 0 aliphatic heterocycles. The molecule has 6 heteroatoms. The van der Waals surface area contributed by atoms with E-state index in [4.69, 9.17) is 4.74 Å². The highest BCUT2D eigenvalue weighted by Gasteiger charge is 2.15. The molecule has 0 aliphatic carbocycles. The van der Waals surface area contributed by atoms with Crippen LogP contribution in [-0.4, -0.2) is 35.7 Å². The third-order valence-electron chi connectivity index (χ3n) is 3.14. The molecule has 0 spiro atoms. The van der Waals surface area contributed by atoms with Crippen molar-refractivity contribution in [1.29, 1.82) is 0 Å². The molecule has 0 saturated heterocycles. The molecule has 1 rings (SSSR count). The first kappa shape index (κ1) is 17.1. The van der Waals surface area contributed by atoms with Crippen molar-refractivity contribution in [3.05, 3.63) is 29.8 Å². The predicted octanol–water partition coefficient (Wildman–Crippen LogP) is 1.67. The van der Waals surface area contributed by atoms with E-state index >= 15 is 0 Å². The monoisotopic (exact) mass is 300 g/mol. The van der Waals surface area contributed by atoms with Gasteiger partial charge in [0.2, 0.25) is 10.0 Å². The Hall–Kier alpha value is -0.950. The number of benzene rings is 1. The second-order valence-electron chi connectivity index (χ2n) is 4.57. The molecule has 0 radical (unpaired) electrons. The van der Waals surface area contributed by atoms with Crippen molar-refractivity contribution in [2.75, 3.05) is 27.3 Å². The van der Waals surface area contributed by atoms with Crippen LogP contribution in [0.15, 0.2) is 29.2 Å². The summed E-state index contributed by atoms with van der Waals surface area (Å²) in [7, 11) is 0.0246. The highest BCUT2D eigenvalue weighted by atomic mass is 32.2. The number of rotatable bonds is 9. The van der Waals surface area contributed by atoms with Gasteiger partial charge in [-0.05, 0) is 37.6 Å². The Kier molecular flexibility index (Phi) is 7.15. The molecule has 1 aromatic rings. The maximum Gasteiger partial charge on any atom is 0.240 e. The van der Waals surface area contributed by atoms with E-state index in [0.29, 0.717) is 24.5 Å². The van der Waals surface area contributed by atoms with Crippen LogP contribution in [0.25, 0.3) is 0 Å². The van der Waals surface area contributed by atoms with Crippen LogP contribution in [0, 0.1) is 0 Å². The summed E-state index contributed by atoms with van der Waals surface area (Å²) in [4.78, 5) is 0.307. The minimum atomic E-state index is -3.45. The number of hydrogen-bond acceptors (Lipinski definition) is 4. The lowest BCUT2D eigenvalue weighted by Gasteiger charge is -2.15. The van der Waals surface area contributed by atoms with E-state index in [0.717, 1.165) is 12.0 Å². The Morgan fingerprint density at radius 3 is 2.70 bits per heavy atom. The Morgan fingerprint density at radius 2 is 2.10 bits per heavy atom. The van der Waals surface area contributed by atoms with Gasteiger partial charge in [-0.3, -0.25) is 0 Å². The van der Waals surface area contributed by atoms with E-state index in [2.05, 4.69) is 17.0 Å². The lowest BCUT2D eigenvalue weighted by atomic mass is 10.1. The summed E-state index contributed by atoms with van der Waals surface area (Å²) in [5.41, 5.74) is 0.981. The van der Waals surface area contributed by atoms with E-state index in [1.54, 1.807) is 25.3 Å². The van der Waals surface area contributed by atoms with Crippen molar-refractivity contribution >= 4 is 10.0 Å². The number of nitrogens with one attached hydrogen (secondary N) is 2. The first-order chi connectivity index (χ1) is 9.55. The lowest BCUT2D eigenvalue weighted by molar-refractivity contribution is 0.196. The molecule has 0 saturated carbocycles. The molecule has 0 heterocycles. The Labute approximate surface area is 121 Å². The van der Waals surface area contributed by atoms with Gasteiger partial charge in [-0.1, -0.05) is 19.1 Å². The average molecular weight is 300 g/mol. The van der Waals surface area contributed by atoms with E-state index in [9.17, 15) is 8.42 Å². The summed E-state index contributed by atoms with van der Waals surface area (Å²) in [5.74, 6) is 0. The van der Waals surface area contributed by atoms with Gasteiger partial charge < -0.3 is 10.1 Å². The van der Waals surface area contributed by atoms with Gasteiger partial charge in [-0.15, -0.1) is 0 Å². The standard InChI is InChI=1S/C14H24N2O3S/c1-4-14(15-2)12-7-5-8-13(11-12)20(17,18)16-9-6-10-19-3/h5,7-8,11,14-16H,4,6,9-10H2,1-3H3. The molecular formula is C14H24N2O3S. The number of hydrogen-bond donors (Lipinski definition) is 2. The van der Waals surface area contributed by atoms with Crippen molar-refractivity contribution in [2.24, 2.45) is 0 Å². The second kappa shape index (κ2) is 8.36. The molecule has 0 aliphatic rings. The molecule has 20 heavy (non-hydrogen) atoms. The molecule has 1 unspecified atom stereocenters. The highest BCUT2D eigenvalue weighted by Crippen LogP contribution is 2.19. The van der Waals surface area contributed by atoms with Gasteiger partial charge in [-0.2, -0.15) is 0 Å². The number of ether oxygens (including phenoxy) is 1. The van der Waals surface area contributed by atoms with Crippen LogP contribution in [0.3, 0.4) is 0 Å². The zero-order valence-corrected chi connectivity index (χ0v) is 13.2. The first-order valence-corrected chi connectivity index (χ1v) is 8.29. The quantitative estimate of drug-likeness (QED) is 0.681. The molecule has 0 aromatic heterocycles. The van der Waals surface area contributed by atoms with E-state index in [1.165, 1.54) is 0 Å². The minimum Gasteiger partial charge on any atom is -0.385 e. The van der Waals surface area contributed by atoms with Gasteiger partial charge in [0.15, 0.2) is 0 Å². The minimum absolute atomic E-state index is 0.165. The summed E-state index contributed by atoms with van der Waals surface area (Å²) < 4.78 is 31.8. The van der Waals surface area contributed by atoms with Crippen molar-refractivity contribution < 1.29 is 13.2 Å². The maximum atomic E-state index is 12.2. The fourth-order valence-corrected chi connectivity index (χ4v) is 3.14. The van der Waals surface area contributed by atoms with Crippen molar-refractivity contribution in [1.82, 2.24) is 10.0 Å². The van der Waals surface area contributed by atoms with Crippen molar-refractivity contribution in [3.8, 4) is 0 Å². The summed E-state index contributed by atoms with van der Waals surface area (Å²) in [6, 6.07) is 7.22. The smallest absolute Gasteiger partial charge is 0.240 e.